The standard InChI is InChI=1S/C19H22ClNO3S/c1-13-10-14(2)19(17(20)11-13)21-18(22)12-25-9-8-24-16-6-4-15(23-3)5-7-16/h4-7,10-11H,8-9,12H2,1-3H3,(H,21,22). The van der Waals surface area contributed by atoms with Gasteiger partial charge in [-0.2, -0.15) is 0 Å². The van der Waals surface area contributed by atoms with E-state index in [1.54, 1.807) is 7.11 Å². The Bertz CT molecular complexity index is 696. The molecule has 0 heterocycles. The maximum Gasteiger partial charge on any atom is 0.234 e. The van der Waals surface area contributed by atoms with Crippen molar-refractivity contribution in [2.75, 3.05) is 30.5 Å². The third-order valence-corrected chi connectivity index (χ3v) is 4.70. The second-order valence-electron chi connectivity index (χ2n) is 5.56. The fourth-order valence-corrected chi connectivity index (χ4v) is 3.28. The van der Waals surface area contributed by atoms with Crippen LogP contribution in [-0.2, 0) is 4.79 Å². The number of carbonyl (C=O) groups excluding carboxylic acids is 1. The Balaban J connectivity index is 1.70. The number of carbonyl (C=O) groups is 1. The Morgan fingerprint density at radius 3 is 2.48 bits per heavy atom. The zero-order valence-corrected chi connectivity index (χ0v) is 16.2. The molecule has 25 heavy (non-hydrogen) atoms. The van der Waals surface area contributed by atoms with Crippen LogP contribution in [0.5, 0.6) is 11.5 Å². The number of methoxy groups -OCH3 is 1. The van der Waals surface area contributed by atoms with E-state index in [-0.39, 0.29) is 5.91 Å². The summed E-state index contributed by atoms with van der Waals surface area (Å²) >= 11 is 7.72. The first-order chi connectivity index (χ1) is 12.0. The second-order valence-corrected chi connectivity index (χ2v) is 7.08. The van der Waals surface area contributed by atoms with Crippen molar-refractivity contribution in [2.45, 2.75) is 13.8 Å². The van der Waals surface area contributed by atoms with Crippen molar-refractivity contribution in [3.63, 3.8) is 0 Å². The average Bonchev–Trinajstić information content (AvgIpc) is 2.58. The van der Waals surface area contributed by atoms with Crippen LogP contribution in [0.15, 0.2) is 36.4 Å². The number of ether oxygens (including phenoxy) is 2. The summed E-state index contributed by atoms with van der Waals surface area (Å²) < 4.78 is 10.7. The quantitative estimate of drug-likeness (QED) is 0.674. The van der Waals surface area contributed by atoms with Crippen molar-refractivity contribution < 1.29 is 14.3 Å². The molecule has 2 aromatic carbocycles. The zero-order valence-electron chi connectivity index (χ0n) is 14.6. The highest BCUT2D eigenvalue weighted by Gasteiger charge is 2.09. The summed E-state index contributed by atoms with van der Waals surface area (Å²) in [4.78, 5) is 12.1. The molecule has 0 fully saturated rings. The molecule has 0 bridgehead atoms. The van der Waals surface area contributed by atoms with E-state index in [4.69, 9.17) is 21.1 Å². The summed E-state index contributed by atoms with van der Waals surface area (Å²) in [6, 6.07) is 11.3. The van der Waals surface area contributed by atoms with E-state index < -0.39 is 0 Å². The number of benzene rings is 2. The van der Waals surface area contributed by atoms with Gasteiger partial charge >= 0.3 is 0 Å². The molecule has 1 amide bonds. The Hall–Kier alpha value is -1.85. The van der Waals surface area contributed by atoms with Gasteiger partial charge in [0.25, 0.3) is 0 Å². The maximum absolute atomic E-state index is 12.1. The number of halogens is 1. The molecule has 0 saturated heterocycles. The van der Waals surface area contributed by atoms with E-state index in [9.17, 15) is 4.79 Å². The fourth-order valence-electron chi connectivity index (χ4n) is 2.30. The highest BCUT2D eigenvalue weighted by Crippen LogP contribution is 2.27. The van der Waals surface area contributed by atoms with Crippen molar-refractivity contribution in [2.24, 2.45) is 0 Å². The molecular weight excluding hydrogens is 358 g/mol. The number of anilines is 1. The minimum Gasteiger partial charge on any atom is -0.497 e. The van der Waals surface area contributed by atoms with Gasteiger partial charge in [0, 0.05) is 5.75 Å². The molecule has 0 saturated carbocycles. The van der Waals surface area contributed by atoms with E-state index >= 15 is 0 Å². The number of thioether (sulfide) groups is 1. The van der Waals surface area contributed by atoms with Crippen LogP contribution in [0.3, 0.4) is 0 Å². The summed E-state index contributed by atoms with van der Waals surface area (Å²) in [5, 5.41) is 3.45. The van der Waals surface area contributed by atoms with E-state index in [0.29, 0.717) is 23.1 Å². The summed E-state index contributed by atoms with van der Waals surface area (Å²) in [7, 11) is 1.63. The number of hydrogen-bond donors (Lipinski definition) is 1. The Morgan fingerprint density at radius 1 is 1.16 bits per heavy atom. The predicted octanol–water partition coefficient (Wildman–Crippen LogP) is 4.72. The molecule has 0 aliphatic heterocycles. The van der Waals surface area contributed by atoms with Crippen LogP contribution in [0.1, 0.15) is 11.1 Å². The molecule has 2 aromatic rings. The topological polar surface area (TPSA) is 47.6 Å². The molecule has 2 rings (SSSR count). The van der Waals surface area contributed by atoms with Crippen LogP contribution in [0, 0.1) is 13.8 Å². The van der Waals surface area contributed by atoms with Gasteiger partial charge in [0.15, 0.2) is 0 Å². The molecule has 0 unspecified atom stereocenters. The van der Waals surface area contributed by atoms with Crippen LogP contribution in [0.25, 0.3) is 0 Å². The van der Waals surface area contributed by atoms with E-state index in [1.165, 1.54) is 11.8 Å². The highest BCUT2D eigenvalue weighted by atomic mass is 35.5. The fraction of sp³-hybridized carbons (Fsp3) is 0.316. The minimum atomic E-state index is -0.0664. The lowest BCUT2D eigenvalue weighted by atomic mass is 10.1. The third-order valence-electron chi connectivity index (χ3n) is 3.49. The van der Waals surface area contributed by atoms with Crippen LogP contribution in [-0.4, -0.2) is 31.1 Å². The molecule has 0 radical (unpaired) electrons. The van der Waals surface area contributed by atoms with Crippen molar-refractivity contribution >= 4 is 35.0 Å². The molecule has 0 atom stereocenters. The number of hydrogen-bond acceptors (Lipinski definition) is 4. The molecule has 1 N–H and O–H groups in total. The van der Waals surface area contributed by atoms with Crippen LogP contribution >= 0.6 is 23.4 Å². The number of rotatable bonds is 8. The molecule has 6 heteroatoms. The van der Waals surface area contributed by atoms with Gasteiger partial charge in [-0.25, -0.2) is 0 Å². The number of amides is 1. The first-order valence-electron chi connectivity index (χ1n) is 7.91. The SMILES string of the molecule is COc1ccc(OCCSCC(=O)Nc2c(C)cc(C)cc2Cl)cc1. The third kappa shape index (κ3) is 6.18. The van der Waals surface area contributed by atoms with Crippen molar-refractivity contribution in [3.8, 4) is 11.5 Å². The molecule has 4 nitrogen and oxygen atoms in total. The van der Waals surface area contributed by atoms with Crippen LogP contribution in [0.2, 0.25) is 5.02 Å². The molecule has 0 aliphatic rings. The normalized spacial score (nSPS) is 10.4. The minimum absolute atomic E-state index is 0.0664. The monoisotopic (exact) mass is 379 g/mol. The van der Waals surface area contributed by atoms with Gasteiger partial charge in [-0.1, -0.05) is 17.7 Å². The molecule has 0 aromatic heterocycles. The van der Waals surface area contributed by atoms with Gasteiger partial charge in [0.2, 0.25) is 5.91 Å². The summed E-state index contributed by atoms with van der Waals surface area (Å²) in [6.07, 6.45) is 0. The van der Waals surface area contributed by atoms with Gasteiger partial charge in [-0.05, 0) is 55.3 Å². The van der Waals surface area contributed by atoms with Crippen LogP contribution < -0.4 is 14.8 Å². The summed E-state index contributed by atoms with van der Waals surface area (Å²) in [5.41, 5.74) is 2.73. The first-order valence-corrected chi connectivity index (χ1v) is 9.44. The molecular formula is C19H22ClNO3S. The number of nitrogens with one attached hydrogen (secondary N) is 1. The van der Waals surface area contributed by atoms with Crippen LogP contribution in [0.4, 0.5) is 5.69 Å². The van der Waals surface area contributed by atoms with E-state index in [2.05, 4.69) is 5.32 Å². The maximum atomic E-state index is 12.1. The molecule has 0 spiro atoms. The smallest absolute Gasteiger partial charge is 0.234 e. The van der Waals surface area contributed by atoms with Crippen molar-refractivity contribution in [3.05, 3.63) is 52.5 Å². The lowest BCUT2D eigenvalue weighted by Gasteiger charge is -2.11. The molecule has 0 aliphatic carbocycles. The first kappa shape index (κ1) is 19.5. The second kappa shape index (κ2) is 9.59. The van der Waals surface area contributed by atoms with Gasteiger partial charge in [-0.3, -0.25) is 4.79 Å². The van der Waals surface area contributed by atoms with Gasteiger partial charge in [-0.15, -0.1) is 11.8 Å². The zero-order chi connectivity index (χ0) is 18.2. The Morgan fingerprint density at radius 2 is 1.84 bits per heavy atom. The van der Waals surface area contributed by atoms with E-state index in [1.807, 2.05) is 50.2 Å². The number of aryl methyl sites for hydroxylation is 2. The van der Waals surface area contributed by atoms with E-state index in [0.717, 1.165) is 28.4 Å². The highest BCUT2D eigenvalue weighted by molar-refractivity contribution is 7.99. The van der Waals surface area contributed by atoms with Gasteiger partial charge < -0.3 is 14.8 Å². The van der Waals surface area contributed by atoms with Gasteiger partial charge in [0.05, 0.1) is 30.2 Å². The van der Waals surface area contributed by atoms with Crippen molar-refractivity contribution in [1.82, 2.24) is 0 Å². The summed E-state index contributed by atoms with van der Waals surface area (Å²) in [5.74, 6) is 2.59. The lowest BCUT2D eigenvalue weighted by Crippen LogP contribution is -2.16. The van der Waals surface area contributed by atoms with Gasteiger partial charge in [0.1, 0.15) is 11.5 Å². The largest absolute Gasteiger partial charge is 0.497 e. The summed E-state index contributed by atoms with van der Waals surface area (Å²) in [6.45, 7) is 4.45. The lowest BCUT2D eigenvalue weighted by molar-refractivity contribution is -0.113. The Kier molecular flexibility index (Phi) is 7.47. The van der Waals surface area contributed by atoms with Crippen molar-refractivity contribution in [1.29, 1.82) is 0 Å². The predicted molar refractivity (Wildman–Crippen MR) is 105 cm³/mol. The average molecular weight is 380 g/mol. The molecule has 134 valence electrons. The Labute approximate surface area is 157 Å².